The number of hydrogen-bond acceptors (Lipinski definition) is 6. The minimum absolute atomic E-state index is 0.0374. The smallest absolute Gasteiger partial charge is 0.395 e. The minimum atomic E-state index is -5.05. The predicted octanol–water partition coefficient (Wildman–Crippen LogP) is 7.60. The molecule has 6 rings (SSSR count). The molecule has 5 aromatic rings. The summed E-state index contributed by atoms with van der Waals surface area (Å²) in [5, 5.41) is 0. The zero-order chi connectivity index (χ0) is 34.3. The van der Waals surface area contributed by atoms with Gasteiger partial charge in [0, 0.05) is 30.3 Å². The monoisotopic (exact) mass is 688 g/mol. The second-order valence-corrected chi connectivity index (χ2v) is 12.4. The van der Waals surface area contributed by atoms with Gasteiger partial charge in [-0.2, -0.15) is 26.3 Å². The number of imidazole rings is 2. The van der Waals surface area contributed by atoms with Crippen molar-refractivity contribution in [2.75, 3.05) is 6.26 Å². The Morgan fingerprint density at radius 2 is 1.40 bits per heavy atom. The molecule has 0 atom stereocenters. The summed E-state index contributed by atoms with van der Waals surface area (Å²) in [7, 11) is -3.93. The van der Waals surface area contributed by atoms with Gasteiger partial charge in [0.1, 0.15) is 17.5 Å². The quantitative estimate of drug-likeness (QED) is 0.177. The van der Waals surface area contributed by atoms with Crippen molar-refractivity contribution in [2.45, 2.75) is 30.5 Å². The molecular formula is C29H17F9N4O4S. The Labute approximate surface area is 258 Å². The van der Waals surface area contributed by atoms with E-state index in [1.807, 2.05) is 0 Å². The lowest BCUT2D eigenvalue weighted by atomic mass is 10.0. The molecule has 3 aromatic carbocycles. The van der Waals surface area contributed by atoms with Gasteiger partial charge in [0.05, 0.1) is 16.3 Å². The number of halogens is 9. The lowest BCUT2D eigenvalue weighted by Crippen LogP contribution is -2.25. The molecule has 0 saturated heterocycles. The Morgan fingerprint density at radius 3 is 2.04 bits per heavy atom. The van der Waals surface area contributed by atoms with Gasteiger partial charge in [0.2, 0.25) is 0 Å². The Kier molecular flexibility index (Phi) is 7.15. The van der Waals surface area contributed by atoms with Gasteiger partial charge in [-0.25, -0.2) is 22.8 Å². The molecule has 246 valence electrons. The Morgan fingerprint density at radius 1 is 0.766 bits per heavy atom. The van der Waals surface area contributed by atoms with E-state index < -0.39 is 67.9 Å². The van der Waals surface area contributed by atoms with Crippen LogP contribution in [0.4, 0.5) is 39.5 Å². The third-order valence-electron chi connectivity index (χ3n) is 6.96. The van der Waals surface area contributed by atoms with Crippen LogP contribution >= 0.6 is 0 Å². The average Bonchev–Trinajstić information content (AvgIpc) is 3.65. The van der Waals surface area contributed by atoms with Crippen molar-refractivity contribution in [3.8, 4) is 45.4 Å². The van der Waals surface area contributed by atoms with Crippen LogP contribution in [0.5, 0.6) is 11.5 Å². The van der Waals surface area contributed by atoms with Crippen LogP contribution in [-0.2, 0) is 22.2 Å². The molecule has 0 amide bonds. The van der Waals surface area contributed by atoms with Gasteiger partial charge in [-0.1, -0.05) is 6.07 Å². The third-order valence-corrected chi connectivity index (χ3v) is 8.05. The van der Waals surface area contributed by atoms with E-state index in [-0.39, 0.29) is 33.9 Å². The van der Waals surface area contributed by atoms with Crippen molar-refractivity contribution < 1.29 is 57.4 Å². The summed E-state index contributed by atoms with van der Waals surface area (Å²) in [6.45, 7) is 1.21. The third kappa shape index (κ3) is 6.11. The molecule has 8 nitrogen and oxygen atoms in total. The van der Waals surface area contributed by atoms with Crippen LogP contribution in [-0.4, -0.2) is 40.1 Å². The Balaban J connectivity index is 1.64. The number of fused-ring (bicyclic) bond motifs is 1. The lowest BCUT2D eigenvalue weighted by molar-refractivity contribution is -0.286. The summed E-state index contributed by atoms with van der Waals surface area (Å²) >= 11 is 0. The van der Waals surface area contributed by atoms with Crippen LogP contribution in [0.1, 0.15) is 17.2 Å². The molecule has 18 heteroatoms. The highest BCUT2D eigenvalue weighted by Crippen LogP contribution is 2.44. The second-order valence-electron chi connectivity index (χ2n) is 10.3. The normalized spacial score (nSPS) is 14.5. The maximum absolute atomic E-state index is 14.6. The summed E-state index contributed by atoms with van der Waals surface area (Å²) in [6, 6.07) is 9.54. The van der Waals surface area contributed by atoms with Gasteiger partial charge in [-0.05, 0) is 60.5 Å². The number of hydrogen-bond donors (Lipinski definition) is 0. The van der Waals surface area contributed by atoms with Crippen LogP contribution in [0, 0.1) is 12.7 Å². The number of alkyl halides is 8. The van der Waals surface area contributed by atoms with E-state index in [9.17, 15) is 47.9 Å². The molecule has 1 aliphatic rings. The summed E-state index contributed by atoms with van der Waals surface area (Å²) in [5.41, 5.74) is -3.41. The predicted molar refractivity (Wildman–Crippen MR) is 146 cm³/mol. The maximum atomic E-state index is 14.6. The number of nitrogens with zero attached hydrogens (tertiary/aromatic N) is 4. The molecule has 0 unspecified atom stereocenters. The van der Waals surface area contributed by atoms with Crippen LogP contribution in [0.2, 0.25) is 0 Å². The molecule has 0 fully saturated rings. The van der Waals surface area contributed by atoms with Crippen LogP contribution in [0.3, 0.4) is 0 Å². The molecule has 47 heavy (non-hydrogen) atoms. The molecule has 3 heterocycles. The van der Waals surface area contributed by atoms with E-state index in [2.05, 4.69) is 19.4 Å². The highest BCUT2D eigenvalue weighted by molar-refractivity contribution is 7.90. The second kappa shape index (κ2) is 10.5. The highest BCUT2D eigenvalue weighted by atomic mass is 32.2. The average molecular weight is 689 g/mol. The summed E-state index contributed by atoms with van der Waals surface area (Å²) in [6.07, 6.45) is -12.0. The first-order valence-electron chi connectivity index (χ1n) is 13.1. The highest BCUT2D eigenvalue weighted by Gasteiger charge is 2.44. The fourth-order valence-electron chi connectivity index (χ4n) is 4.89. The van der Waals surface area contributed by atoms with Gasteiger partial charge < -0.3 is 14.0 Å². The van der Waals surface area contributed by atoms with Gasteiger partial charge in [-0.3, -0.25) is 4.57 Å². The standard InChI is InChI=1S/C29H17F9N4O4S/c1-14-39-24(27(31,32)33)12-41(14)21-5-3-15(16-7-17(30)10-19(8-16)47(2,43)44)9-20(21)26-40-25(28(34,35)36)13-42(26)18-4-6-22-23(11-18)46-29(37,38)45-22/h3-13H,1-2H3. The number of rotatable bonds is 5. The number of aromatic nitrogens is 4. The summed E-state index contributed by atoms with van der Waals surface area (Å²) < 4.78 is 160. The van der Waals surface area contributed by atoms with Crippen molar-refractivity contribution in [3.05, 3.63) is 90.0 Å². The number of benzene rings is 3. The molecular weight excluding hydrogens is 671 g/mol. The molecule has 0 spiro atoms. The van der Waals surface area contributed by atoms with Crippen molar-refractivity contribution in [2.24, 2.45) is 0 Å². The first kappa shape index (κ1) is 32.0. The fraction of sp³-hybridized carbons (Fsp3) is 0.172. The SMILES string of the molecule is Cc1nc(C(F)(F)F)cn1-c1ccc(-c2cc(F)cc(S(C)(=O)=O)c2)cc1-c1nc(C(F)(F)F)cn1-c1ccc2c(c1)OC(F)(F)O2. The van der Waals surface area contributed by atoms with E-state index in [4.69, 9.17) is 0 Å². The Hall–Kier alpha value is -5.00. The topological polar surface area (TPSA) is 88.2 Å². The van der Waals surface area contributed by atoms with Crippen LogP contribution < -0.4 is 9.47 Å². The molecule has 0 bridgehead atoms. The molecule has 1 aliphatic heterocycles. The van der Waals surface area contributed by atoms with E-state index >= 15 is 0 Å². The van der Waals surface area contributed by atoms with Crippen molar-refractivity contribution in [1.29, 1.82) is 0 Å². The number of aryl methyl sites for hydroxylation is 1. The zero-order valence-corrected chi connectivity index (χ0v) is 24.4. The molecule has 2 aromatic heterocycles. The van der Waals surface area contributed by atoms with Crippen LogP contribution in [0.25, 0.3) is 33.9 Å². The first-order valence-corrected chi connectivity index (χ1v) is 14.9. The van der Waals surface area contributed by atoms with Crippen molar-refractivity contribution in [3.63, 3.8) is 0 Å². The fourth-order valence-corrected chi connectivity index (χ4v) is 5.56. The van der Waals surface area contributed by atoms with Gasteiger partial charge >= 0.3 is 18.6 Å². The minimum Gasteiger partial charge on any atom is -0.395 e. The molecule has 0 aliphatic carbocycles. The van der Waals surface area contributed by atoms with E-state index in [0.717, 1.165) is 51.8 Å². The van der Waals surface area contributed by atoms with Gasteiger partial charge in [0.25, 0.3) is 0 Å². The van der Waals surface area contributed by atoms with Gasteiger partial charge in [0.15, 0.2) is 32.7 Å². The molecule has 0 saturated carbocycles. The largest absolute Gasteiger partial charge is 0.586 e. The van der Waals surface area contributed by atoms with Crippen molar-refractivity contribution >= 4 is 9.84 Å². The maximum Gasteiger partial charge on any atom is 0.586 e. The summed E-state index contributed by atoms with van der Waals surface area (Å²) in [5.74, 6) is -2.67. The first-order chi connectivity index (χ1) is 21.7. The van der Waals surface area contributed by atoms with Crippen LogP contribution in [0.15, 0.2) is 71.9 Å². The lowest BCUT2D eigenvalue weighted by Gasteiger charge is -2.16. The van der Waals surface area contributed by atoms with E-state index in [0.29, 0.717) is 12.4 Å². The van der Waals surface area contributed by atoms with E-state index in [1.165, 1.54) is 25.1 Å². The zero-order valence-electron chi connectivity index (χ0n) is 23.6. The molecule has 0 N–H and O–H groups in total. The van der Waals surface area contributed by atoms with Gasteiger partial charge in [-0.15, -0.1) is 8.78 Å². The molecule has 0 radical (unpaired) electrons. The number of sulfone groups is 1. The summed E-state index contributed by atoms with van der Waals surface area (Å²) in [4.78, 5) is 6.82. The Bertz CT molecular complexity index is 2170. The number of ether oxygens (including phenoxy) is 2. The van der Waals surface area contributed by atoms with Crippen molar-refractivity contribution in [1.82, 2.24) is 19.1 Å². The van der Waals surface area contributed by atoms with E-state index in [1.54, 1.807) is 0 Å².